The number of imidazole rings is 1. The summed E-state index contributed by atoms with van der Waals surface area (Å²) in [5.41, 5.74) is 0. The second-order valence-electron chi connectivity index (χ2n) is 3.84. The van der Waals surface area contributed by atoms with Crippen LogP contribution >= 0.6 is 11.8 Å². The summed E-state index contributed by atoms with van der Waals surface area (Å²) in [6.45, 7) is 1.83. The highest BCUT2D eigenvalue weighted by Gasteiger charge is 2.26. The van der Waals surface area contributed by atoms with Gasteiger partial charge in [0.2, 0.25) is 0 Å². The molecule has 0 saturated heterocycles. The van der Waals surface area contributed by atoms with Crippen molar-refractivity contribution in [3.63, 3.8) is 0 Å². The number of aliphatic carboxylic acids is 1. The zero-order chi connectivity index (χ0) is 14.5. The molecule has 0 aliphatic carbocycles. The lowest BCUT2D eigenvalue weighted by molar-refractivity contribution is -0.139. The molecule has 1 aromatic heterocycles. The van der Waals surface area contributed by atoms with E-state index in [1.54, 1.807) is 0 Å². The summed E-state index contributed by atoms with van der Waals surface area (Å²) >= 11 is 1.46. The molecule has 1 aromatic rings. The van der Waals surface area contributed by atoms with E-state index < -0.39 is 22.0 Å². The summed E-state index contributed by atoms with van der Waals surface area (Å²) in [5, 5.41) is 8.89. The van der Waals surface area contributed by atoms with Crippen LogP contribution in [0.15, 0.2) is 11.2 Å². The van der Waals surface area contributed by atoms with Crippen molar-refractivity contribution in [2.75, 3.05) is 12.0 Å². The first-order chi connectivity index (χ1) is 8.90. The number of hydrogen-bond acceptors (Lipinski definition) is 5. The van der Waals surface area contributed by atoms with Gasteiger partial charge in [-0.15, -0.1) is 0 Å². The van der Waals surface area contributed by atoms with Crippen molar-refractivity contribution in [2.24, 2.45) is 0 Å². The van der Waals surface area contributed by atoms with Gasteiger partial charge in [0.05, 0.1) is 6.20 Å². The molecule has 0 spiro atoms. The Hall–Kier alpha value is -1.06. The minimum Gasteiger partial charge on any atom is -0.480 e. The third-order valence-corrected chi connectivity index (χ3v) is 4.46. The first-order valence-corrected chi connectivity index (χ1v) is 8.56. The Morgan fingerprint density at radius 1 is 1.63 bits per heavy atom. The number of aryl methyl sites for hydroxylation is 1. The fourth-order valence-electron chi connectivity index (χ4n) is 1.38. The van der Waals surface area contributed by atoms with Crippen molar-refractivity contribution < 1.29 is 18.3 Å². The minimum absolute atomic E-state index is 0.111. The van der Waals surface area contributed by atoms with Crippen LogP contribution in [0.25, 0.3) is 0 Å². The SMILES string of the molecule is CCc1ncc(S(=O)(=O)NC(CCSC)C(=O)O)[nH]1. The summed E-state index contributed by atoms with van der Waals surface area (Å²) < 4.78 is 26.1. The van der Waals surface area contributed by atoms with Gasteiger partial charge >= 0.3 is 5.97 Å². The van der Waals surface area contributed by atoms with Gasteiger partial charge in [-0.1, -0.05) is 6.92 Å². The maximum Gasteiger partial charge on any atom is 0.321 e. The second-order valence-corrected chi connectivity index (χ2v) is 6.51. The van der Waals surface area contributed by atoms with Crippen molar-refractivity contribution in [2.45, 2.75) is 30.8 Å². The van der Waals surface area contributed by atoms with E-state index >= 15 is 0 Å². The molecule has 0 fully saturated rings. The molecule has 7 nitrogen and oxygen atoms in total. The van der Waals surface area contributed by atoms with E-state index in [0.717, 1.165) is 0 Å². The van der Waals surface area contributed by atoms with Gasteiger partial charge in [0.15, 0.2) is 5.03 Å². The van der Waals surface area contributed by atoms with Crippen LogP contribution in [0.2, 0.25) is 0 Å². The molecule has 0 aromatic carbocycles. The number of thioether (sulfide) groups is 1. The van der Waals surface area contributed by atoms with Crippen LogP contribution in [0.5, 0.6) is 0 Å². The minimum atomic E-state index is -3.88. The van der Waals surface area contributed by atoms with Crippen LogP contribution in [-0.2, 0) is 21.2 Å². The number of aromatic nitrogens is 2. The Morgan fingerprint density at radius 3 is 2.79 bits per heavy atom. The van der Waals surface area contributed by atoms with E-state index in [2.05, 4.69) is 14.7 Å². The Bertz CT molecular complexity index is 527. The monoisotopic (exact) mass is 307 g/mol. The fourth-order valence-corrected chi connectivity index (χ4v) is 3.01. The van der Waals surface area contributed by atoms with Gasteiger partial charge in [0, 0.05) is 6.42 Å². The molecule has 0 saturated carbocycles. The third kappa shape index (κ3) is 4.51. The van der Waals surface area contributed by atoms with Crippen molar-refractivity contribution in [1.29, 1.82) is 0 Å². The number of carboxylic acids is 1. The summed E-state index contributed by atoms with van der Waals surface area (Å²) in [7, 11) is -3.88. The lowest BCUT2D eigenvalue weighted by atomic mass is 10.2. The molecule has 1 rings (SSSR count). The normalized spacial score (nSPS) is 13.4. The van der Waals surface area contributed by atoms with E-state index in [9.17, 15) is 13.2 Å². The summed E-state index contributed by atoms with van der Waals surface area (Å²) in [6.07, 6.45) is 3.82. The first kappa shape index (κ1) is 16.0. The fraction of sp³-hybridized carbons (Fsp3) is 0.600. The molecule has 1 atom stereocenters. The van der Waals surface area contributed by atoms with Crippen molar-refractivity contribution in [3.05, 3.63) is 12.0 Å². The molecule has 1 heterocycles. The zero-order valence-electron chi connectivity index (χ0n) is 10.7. The van der Waals surface area contributed by atoms with Crippen LogP contribution in [-0.4, -0.2) is 47.5 Å². The lowest BCUT2D eigenvalue weighted by Gasteiger charge is -2.13. The highest BCUT2D eigenvalue weighted by atomic mass is 32.2. The Balaban J connectivity index is 2.84. The summed E-state index contributed by atoms with van der Waals surface area (Å²) in [6, 6.07) is -1.13. The van der Waals surface area contributed by atoms with Crippen molar-refractivity contribution in [1.82, 2.24) is 14.7 Å². The van der Waals surface area contributed by atoms with E-state index in [-0.39, 0.29) is 11.4 Å². The van der Waals surface area contributed by atoms with Gasteiger partial charge < -0.3 is 10.1 Å². The molecule has 0 aliphatic rings. The standard InChI is InChI=1S/C10H17N3O4S2/c1-3-8-11-6-9(12-8)19(16,17)13-7(10(14)15)4-5-18-2/h6-7,13H,3-5H2,1-2H3,(H,11,12)(H,14,15). The maximum absolute atomic E-state index is 12.0. The number of rotatable bonds is 8. The molecule has 3 N–H and O–H groups in total. The summed E-state index contributed by atoms with van der Waals surface area (Å²) in [4.78, 5) is 17.5. The van der Waals surface area contributed by atoms with E-state index in [4.69, 9.17) is 5.11 Å². The molecule has 0 aliphatic heterocycles. The number of aromatic amines is 1. The average Bonchev–Trinajstić information content (AvgIpc) is 2.83. The molecular weight excluding hydrogens is 290 g/mol. The highest BCUT2D eigenvalue weighted by molar-refractivity contribution is 7.98. The molecule has 108 valence electrons. The molecule has 9 heteroatoms. The van der Waals surface area contributed by atoms with Crippen molar-refractivity contribution >= 4 is 27.8 Å². The molecule has 1 unspecified atom stereocenters. The Morgan fingerprint density at radius 2 is 2.32 bits per heavy atom. The molecule has 0 amide bonds. The summed E-state index contributed by atoms with van der Waals surface area (Å²) in [5.74, 6) is -0.0907. The predicted octanol–water partition coefficient (Wildman–Crippen LogP) is 0.457. The van der Waals surface area contributed by atoms with Gasteiger partial charge in [0.1, 0.15) is 11.9 Å². The molecule has 0 bridgehead atoms. The smallest absolute Gasteiger partial charge is 0.321 e. The number of carboxylic acid groups (broad SMARTS) is 1. The Kier molecular flexibility index (Phi) is 5.83. The number of hydrogen-bond donors (Lipinski definition) is 3. The number of nitrogens with zero attached hydrogens (tertiary/aromatic N) is 1. The predicted molar refractivity (Wildman–Crippen MR) is 72.7 cm³/mol. The van der Waals surface area contributed by atoms with Crippen LogP contribution in [0.4, 0.5) is 0 Å². The van der Waals surface area contributed by atoms with Gasteiger partial charge in [-0.05, 0) is 18.4 Å². The van der Waals surface area contributed by atoms with E-state index in [1.165, 1.54) is 18.0 Å². The van der Waals surface area contributed by atoms with E-state index in [1.807, 2.05) is 13.2 Å². The van der Waals surface area contributed by atoms with Crippen molar-refractivity contribution in [3.8, 4) is 0 Å². The lowest BCUT2D eigenvalue weighted by Crippen LogP contribution is -2.41. The van der Waals surface area contributed by atoms with Gasteiger partial charge in [-0.25, -0.2) is 13.4 Å². The number of H-pyrrole nitrogens is 1. The second kappa shape index (κ2) is 6.92. The van der Waals surface area contributed by atoms with Crippen LogP contribution in [0, 0.1) is 0 Å². The average molecular weight is 307 g/mol. The first-order valence-electron chi connectivity index (χ1n) is 5.68. The quantitative estimate of drug-likeness (QED) is 0.643. The molecular formula is C10H17N3O4S2. The zero-order valence-corrected chi connectivity index (χ0v) is 12.3. The Labute approximate surface area is 116 Å². The van der Waals surface area contributed by atoms with Gasteiger partial charge in [-0.2, -0.15) is 16.5 Å². The van der Waals surface area contributed by atoms with Crippen LogP contribution in [0.3, 0.4) is 0 Å². The van der Waals surface area contributed by atoms with Crippen LogP contribution < -0.4 is 4.72 Å². The van der Waals surface area contributed by atoms with Crippen LogP contribution in [0.1, 0.15) is 19.2 Å². The third-order valence-electron chi connectivity index (χ3n) is 2.44. The topological polar surface area (TPSA) is 112 Å². The number of nitrogens with one attached hydrogen (secondary N) is 2. The number of sulfonamides is 1. The highest BCUT2D eigenvalue weighted by Crippen LogP contribution is 2.09. The van der Waals surface area contributed by atoms with Gasteiger partial charge in [0.25, 0.3) is 10.0 Å². The number of carbonyl (C=O) groups is 1. The molecule has 0 radical (unpaired) electrons. The van der Waals surface area contributed by atoms with E-state index in [0.29, 0.717) is 18.0 Å². The maximum atomic E-state index is 12.0. The van der Waals surface area contributed by atoms with Gasteiger partial charge in [-0.3, -0.25) is 4.79 Å². The molecule has 19 heavy (non-hydrogen) atoms. The largest absolute Gasteiger partial charge is 0.480 e.